The summed E-state index contributed by atoms with van der Waals surface area (Å²) in [5.41, 5.74) is 1.12. The molecule has 0 saturated heterocycles. The van der Waals surface area contributed by atoms with Crippen LogP contribution in [-0.4, -0.2) is 39.9 Å². The summed E-state index contributed by atoms with van der Waals surface area (Å²) in [7, 11) is 0.968. The minimum Gasteiger partial charge on any atom is -0.497 e. The molecule has 0 aliphatic carbocycles. The van der Waals surface area contributed by atoms with Gasteiger partial charge in [-0.3, -0.25) is 0 Å². The summed E-state index contributed by atoms with van der Waals surface area (Å²) >= 11 is 0. The molecule has 0 N–H and O–H groups in total. The number of rotatable bonds is 6. The predicted molar refractivity (Wildman–Crippen MR) is 89.4 cm³/mol. The molecule has 0 bridgehead atoms. The van der Waals surface area contributed by atoms with Crippen LogP contribution in [0.5, 0.6) is 5.75 Å². The van der Waals surface area contributed by atoms with Crippen molar-refractivity contribution in [2.45, 2.75) is 11.5 Å². The van der Waals surface area contributed by atoms with E-state index < -0.39 is 16.0 Å². The van der Waals surface area contributed by atoms with Gasteiger partial charge in [0.25, 0.3) is 0 Å². The topological polar surface area (TPSA) is 72.9 Å². The van der Waals surface area contributed by atoms with Crippen LogP contribution < -0.4 is 4.74 Å². The van der Waals surface area contributed by atoms with E-state index in [0.29, 0.717) is 5.56 Å². The van der Waals surface area contributed by atoms with Gasteiger partial charge < -0.3 is 9.47 Å². The van der Waals surface area contributed by atoms with Gasteiger partial charge in [-0.1, -0.05) is 12.1 Å². The first kappa shape index (κ1) is 18.0. The van der Waals surface area contributed by atoms with Crippen LogP contribution in [0.4, 0.5) is 0 Å². The van der Waals surface area contributed by atoms with E-state index in [-0.39, 0.29) is 11.5 Å². The number of hydrogen-bond donors (Lipinski definition) is 0. The lowest BCUT2D eigenvalue weighted by atomic mass is 10.2. The Hall–Kier alpha value is -2.38. The summed E-state index contributed by atoms with van der Waals surface area (Å²) in [6, 6.07) is 12.8. The number of esters is 1. The van der Waals surface area contributed by atoms with Gasteiger partial charge in [-0.25, -0.2) is 17.5 Å². The molecule has 0 amide bonds. The summed E-state index contributed by atoms with van der Waals surface area (Å²) < 4.78 is 35.3. The summed E-state index contributed by atoms with van der Waals surface area (Å²) in [4.78, 5) is 12.2. The third-order valence-electron chi connectivity index (χ3n) is 3.40. The maximum atomic E-state index is 12.0. The second kappa shape index (κ2) is 7.46. The molecule has 0 radical (unpaired) electrons. The molecular weight excluding hydrogens is 330 g/mol. The van der Waals surface area contributed by atoms with Crippen LogP contribution in [0.15, 0.2) is 53.4 Å². The van der Waals surface area contributed by atoms with Crippen molar-refractivity contribution in [3.8, 4) is 5.75 Å². The molecule has 0 atom stereocenters. The van der Waals surface area contributed by atoms with Gasteiger partial charge in [0.1, 0.15) is 12.4 Å². The molecule has 0 saturated carbocycles. The van der Waals surface area contributed by atoms with Crippen molar-refractivity contribution in [2.75, 3.05) is 21.2 Å². The Morgan fingerprint density at radius 3 is 2.08 bits per heavy atom. The first-order chi connectivity index (χ1) is 11.3. The standard InChI is InChI=1S/C17H19NO5S/c1-18(2)24(20,21)16-10-6-14(7-11-16)17(19)23-12-13-4-8-15(22-3)9-5-13/h4-11H,12H2,1-3H3. The first-order valence-corrected chi connectivity index (χ1v) is 8.61. The minimum absolute atomic E-state index is 0.124. The Morgan fingerprint density at radius 2 is 1.58 bits per heavy atom. The zero-order valence-corrected chi connectivity index (χ0v) is 14.5. The lowest BCUT2D eigenvalue weighted by molar-refractivity contribution is 0.0472. The molecule has 128 valence electrons. The van der Waals surface area contributed by atoms with Crippen LogP contribution in [0.2, 0.25) is 0 Å². The number of carbonyl (C=O) groups excluding carboxylic acids is 1. The monoisotopic (exact) mass is 349 g/mol. The third kappa shape index (κ3) is 4.12. The van der Waals surface area contributed by atoms with Crippen molar-refractivity contribution in [2.24, 2.45) is 0 Å². The highest BCUT2D eigenvalue weighted by molar-refractivity contribution is 7.89. The summed E-state index contributed by atoms with van der Waals surface area (Å²) in [5.74, 6) is 0.211. The van der Waals surface area contributed by atoms with Gasteiger partial charge in [0, 0.05) is 14.1 Å². The number of nitrogens with zero attached hydrogens (tertiary/aromatic N) is 1. The van der Waals surface area contributed by atoms with Crippen molar-refractivity contribution >= 4 is 16.0 Å². The molecule has 0 aromatic heterocycles. The number of carbonyl (C=O) groups is 1. The fourth-order valence-electron chi connectivity index (χ4n) is 1.93. The summed E-state index contributed by atoms with van der Waals surface area (Å²) in [6.07, 6.45) is 0. The van der Waals surface area contributed by atoms with Crippen LogP contribution in [0.3, 0.4) is 0 Å². The van der Waals surface area contributed by atoms with Crippen LogP contribution in [0.25, 0.3) is 0 Å². The van der Waals surface area contributed by atoms with Crippen LogP contribution >= 0.6 is 0 Å². The van der Waals surface area contributed by atoms with E-state index in [1.807, 2.05) is 0 Å². The van der Waals surface area contributed by atoms with Crippen molar-refractivity contribution in [3.63, 3.8) is 0 Å². The van der Waals surface area contributed by atoms with E-state index in [9.17, 15) is 13.2 Å². The average molecular weight is 349 g/mol. The second-order valence-corrected chi connectivity index (χ2v) is 7.39. The maximum Gasteiger partial charge on any atom is 0.338 e. The summed E-state index contributed by atoms with van der Waals surface area (Å²) in [6.45, 7) is 0.126. The Morgan fingerprint density at radius 1 is 1.00 bits per heavy atom. The van der Waals surface area contributed by atoms with Crippen LogP contribution in [-0.2, 0) is 21.4 Å². The average Bonchev–Trinajstić information content (AvgIpc) is 2.60. The molecule has 2 rings (SSSR count). The molecule has 0 fully saturated rings. The molecule has 2 aromatic carbocycles. The molecule has 0 spiro atoms. The lowest BCUT2D eigenvalue weighted by Gasteiger charge is -2.11. The molecule has 0 heterocycles. The van der Waals surface area contributed by atoms with Gasteiger partial charge in [-0.05, 0) is 42.0 Å². The quantitative estimate of drug-likeness (QED) is 0.748. The van der Waals surface area contributed by atoms with E-state index in [4.69, 9.17) is 9.47 Å². The van der Waals surface area contributed by atoms with Crippen molar-refractivity contribution in [1.29, 1.82) is 0 Å². The Labute approximate surface area is 141 Å². The molecule has 0 unspecified atom stereocenters. The molecular formula is C17H19NO5S. The molecule has 0 aliphatic heterocycles. The SMILES string of the molecule is COc1ccc(COC(=O)c2ccc(S(=O)(=O)N(C)C)cc2)cc1. The highest BCUT2D eigenvalue weighted by atomic mass is 32.2. The second-order valence-electron chi connectivity index (χ2n) is 5.24. The highest BCUT2D eigenvalue weighted by Crippen LogP contribution is 2.16. The van der Waals surface area contributed by atoms with Crippen LogP contribution in [0.1, 0.15) is 15.9 Å². The lowest BCUT2D eigenvalue weighted by Crippen LogP contribution is -2.22. The fraction of sp³-hybridized carbons (Fsp3) is 0.235. The first-order valence-electron chi connectivity index (χ1n) is 7.17. The van der Waals surface area contributed by atoms with Gasteiger partial charge >= 0.3 is 5.97 Å². The van der Waals surface area contributed by atoms with Gasteiger partial charge in [-0.15, -0.1) is 0 Å². The zero-order chi connectivity index (χ0) is 17.7. The third-order valence-corrected chi connectivity index (χ3v) is 5.23. The van der Waals surface area contributed by atoms with Gasteiger partial charge in [0.15, 0.2) is 0 Å². The number of sulfonamides is 1. The summed E-state index contributed by atoms with van der Waals surface area (Å²) in [5, 5.41) is 0. The zero-order valence-electron chi connectivity index (χ0n) is 13.7. The van der Waals surface area contributed by atoms with Crippen molar-refractivity contribution in [3.05, 3.63) is 59.7 Å². The van der Waals surface area contributed by atoms with Gasteiger partial charge in [0.2, 0.25) is 10.0 Å². The number of hydrogen-bond acceptors (Lipinski definition) is 5. The van der Waals surface area contributed by atoms with Crippen LogP contribution in [0, 0.1) is 0 Å². The van der Waals surface area contributed by atoms with E-state index in [1.54, 1.807) is 31.4 Å². The highest BCUT2D eigenvalue weighted by Gasteiger charge is 2.17. The molecule has 24 heavy (non-hydrogen) atoms. The van der Waals surface area contributed by atoms with E-state index in [0.717, 1.165) is 15.6 Å². The Balaban J connectivity index is 2.02. The number of ether oxygens (including phenoxy) is 2. The molecule has 7 heteroatoms. The van der Waals surface area contributed by atoms with Crippen molar-refractivity contribution < 1.29 is 22.7 Å². The Kier molecular flexibility index (Phi) is 5.58. The Bertz CT molecular complexity index is 796. The maximum absolute atomic E-state index is 12.0. The van der Waals surface area contributed by atoms with E-state index in [2.05, 4.69) is 0 Å². The molecule has 0 aliphatic rings. The fourth-order valence-corrected chi connectivity index (χ4v) is 2.83. The molecule has 2 aromatic rings. The van der Waals surface area contributed by atoms with E-state index >= 15 is 0 Å². The normalized spacial score (nSPS) is 11.3. The minimum atomic E-state index is -3.51. The van der Waals surface area contributed by atoms with E-state index in [1.165, 1.54) is 38.4 Å². The van der Waals surface area contributed by atoms with Crippen molar-refractivity contribution in [1.82, 2.24) is 4.31 Å². The van der Waals surface area contributed by atoms with Gasteiger partial charge in [0.05, 0.1) is 17.6 Å². The smallest absolute Gasteiger partial charge is 0.338 e. The van der Waals surface area contributed by atoms with Gasteiger partial charge in [-0.2, -0.15) is 0 Å². The number of benzene rings is 2. The largest absolute Gasteiger partial charge is 0.497 e. The number of methoxy groups -OCH3 is 1. The molecule has 6 nitrogen and oxygen atoms in total. The predicted octanol–water partition coefficient (Wildman–Crippen LogP) is 2.30.